The third-order valence-electron chi connectivity index (χ3n) is 9.76. The van der Waals surface area contributed by atoms with E-state index >= 15 is 0 Å². The molecule has 5 nitrogen and oxygen atoms in total. The number of benzene rings is 1. The van der Waals surface area contributed by atoms with Crippen molar-refractivity contribution in [2.45, 2.75) is 103 Å². The quantitative estimate of drug-likeness (QED) is 0.304. The summed E-state index contributed by atoms with van der Waals surface area (Å²) in [5.41, 5.74) is 2.82. The van der Waals surface area contributed by atoms with Crippen molar-refractivity contribution in [3.63, 3.8) is 0 Å². The lowest BCUT2D eigenvalue weighted by molar-refractivity contribution is -0.124. The van der Waals surface area contributed by atoms with Gasteiger partial charge in [0.2, 0.25) is 0 Å². The highest BCUT2D eigenvalue weighted by molar-refractivity contribution is 5.81. The highest BCUT2D eigenvalue weighted by atomic mass is 19.3. The molecule has 0 amide bonds. The van der Waals surface area contributed by atoms with Crippen LogP contribution in [0.2, 0.25) is 0 Å². The van der Waals surface area contributed by atoms with E-state index in [4.69, 9.17) is 4.98 Å². The molecule has 1 aliphatic heterocycles. The maximum Gasteiger partial charge on any atom is 0.266 e. The Morgan fingerprint density at radius 3 is 2.71 bits per heavy atom. The molecule has 8 heteroatoms. The number of rotatable bonds is 9. The number of ketones is 1. The summed E-state index contributed by atoms with van der Waals surface area (Å²) in [6.07, 6.45) is 18.5. The Bertz CT molecular complexity index is 1430. The highest BCUT2D eigenvalue weighted by Gasteiger charge is 2.31. The van der Waals surface area contributed by atoms with Crippen LogP contribution in [0.25, 0.3) is 0 Å². The summed E-state index contributed by atoms with van der Waals surface area (Å²) in [4.78, 5) is 25.5. The van der Waals surface area contributed by atoms with Crippen molar-refractivity contribution in [2.24, 2.45) is 11.8 Å². The molecule has 0 radical (unpaired) electrons. The van der Waals surface area contributed by atoms with Crippen molar-refractivity contribution in [1.82, 2.24) is 14.9 Å². The molecule has 0 bridgehead atoms. The van der Waals surface area contributed by atoms with Crippen LogP contribution in [0.5, 0.6) is 0 Å². The number of carbonyl (C=O) groups excluding carboxylic acids is 1. The molecular formula is C37H47F3N4O. The molecule has 3 unspecified atom stereocenters. The van der Waals surface area contributed by atoms with E-state index in [0.29, 0.717) is 23.8 Å². The van der Waals surface area contributed by atoms with Crippen molar-refractivity contribution >= 4 is 11.6 Å². The normalized spacial score (nSPS) is 25.9. The average molecular weight is 621 g/mol. The third-order valence-corrected chi connectivity index (χ3v) is 9.76. The molecule has 1 saturated heterocycles. The Kier molecular flexibility index (Phi) is 11.3. The Hall–Kier alpha value is -3.26. The second-order valence-electron chi connectivity index (χ2n) is 13.1. The van der Waals surface area contributed by atoms with Gasteiger partial charge in [0.05, 0.1) is 11.6 Å². The number of nitrogens with one attached hydrogen (secondary N) is 1. The lowest BCUT2D eigenvalue weighted by Crippen LogP contribution is -2.38. The summed E-state index contributed by atoms with van der Waals surface area (Å²) >= 11 is 0. The van der Waals surface area contributed by atoms with E-state index in [1.165, 1.54) is 17.7 Å². The van der Waals surface area contributed by atoms with Gasteiger partial charge in [-0.1, -0.05) is 55.0 Å². The molecule has 242 valence electrons. The predicted octanol–water partition coefficient (Wildman–Crippen LogP) is 8.81. The number of likely N-dealkylation sites (N-methyl/N-ethyl adjacent to an activating group) is 1. The summed E-state index contributed by atoms with van der Waals surface area (Å²) in [5, 5.41) is 3.29. The number of fused-ring (bicyclic) bond motifs is 1. The summed E-state index contributed by atoms with van der Waals surface area (Å²) in [6, 6.07) is 3.78. The van der Waals surface area contributed by atoms with Crippen molar-refractivity contribution in [3.8, 4) is 0 Å². The van der Waals surface area contributed by atoms with Crippen LogP contribution in [0.1, 0.15) is 105 Å². The summed E-state index contributed by atoms with van der Waals surface area (Å²) in [7, 11) is 2.19. The van der Waals surface area contributed by atoms with Gasteiger partial charge < -0.3 is 5.32 Å². The van der Waals surface area contributed by atoms with Crippen LogP contribution in [-0.4, -0.2) is 40.3 Å². The first kappa shape index (κ1) is 33.1. The predicted molar refractivity (Wildman–Crippen MR) is 174 cm³/mol. The molecule has 2 heterocycles. The molecule has 1 aromatic carbocycles. The monoisotopic (exact) mass is 620 g/mol. The average Bonchev–Trinajstić information content (AvgIpc) is 3.46. The number of alkyl halides is 2. The molecule has 0 spiro atoms. The van der Waals surface area contributed by atoms with Crippen LogP contribution in [-0.2, 0) is 17.6 Å². The number of carbonyl (C=O) groups is 1. The number of nitrogens with zero attached hydrogens (tertiary/aromatic N) is 3. The van der Waals surface area contributed by atoms with E-state index < -0.39 is 23.8 Å². The number of anilines is 1. The number of aryl methyl sites for hydroxylation is 1. The van der Waals surface area contributed by atoms with Gasteiger partial charge >= 0.3 is 0 Å². The minimum Gasteiger partial charge on any atom is -0.363 e. The van der Waals surface area contributed by atoms with Gasteiger partial charge in [-0.2, -0.15) is 0 Å². The number of likely N-dealkylation sites (tertiary alicyclic amines) is 1. The summed E-state index contributed by atoms with van der Waals surface area (Å²) in [6.45, 7) is 4.62. The second kappa shape index (κ2) is 15.4. The van der Waals surface area contributed by atoms with Crippen molar-refractivity contribution in [3.05, 3.63) is 88.2 Å². The Morgan fingerprint density at radius 1 is 1.09 bits per heavy atom. The van der Waals surface area contributed by atoms with E-state index in [1.54, 1.807) is 6.92 Å². The van der Waals surface area contributed by atoms with Crippen LogP contribution in [0.4, 0.5) is 19.0 Å². The summed E-state index contributed by atoms with van der Waals surface area (Å²) in [5.74, 6) is 1.02. The number of hydrogen-bond donors (Lipinski definition) is 1. The lowest BCUT2D eigenvalue weighted by atomic mass is 9.83. The van der Waals surface area contributed by atoms with Crippen molar-refractivity contribution in [1.29, 1.82) is 0 Å². The van der Waals surface area contributed by atoms with E-state index in [9.17, 15) is 18.0 Å². The van der Waals surface area contributed by atoms with Crippen LogP contribution < -0.4 is 5.32 Å². The highest BCUT2D eigenvalue weighted by Crippen LogP contribution is 2.36. The van der Waals surface area contributed by atoms with E-state index in [-0.39, 0.29) is 23.4 Å². The van der Waals surface area contributed by atoms with Crippen LogP contribution in [0, 0.1) is 24.6 Å². The minimum absolute atomic E-state index is 0.0476. The van der Waals surface area contributed by atoms with Gasteiger partial charge in [0.15, 0.2) is 0 Å². The fourth-order valence-electron chi connectivity index (χ4n) is 7.18. The van der Waals surface area contributed by atoms with Gasteiger partial charge in [0.25, 0.3) is 6.43 Å². The molecule has 5 rings (SSSR count). The fraction of sp³-hybridized carbons (Fsp3) is 0.541. The number of halogens is 3. The van der Waals surface area contributed by atoms with Gasteiger partial charge in [0, 0.05) is 35.2 Å². The number of Topliss-reactive ketones (excluding diaryl/α,β-unsaturated/α-hetero) is 1. The Balaban J connectivity index is 1.24. The lowest BCUT2D eigenvalue weighted by Gasteiger charge is -2.34. The first-order valence-corrected chi connectivity index (χ1v) is 16.7. The first-order chi connectivity index (χ1) is 21.7. The molecule has 1 aromatic heterocycles. The molecule has 2 aromatic rings. The Labute approximate surface area is 266 Å². The minimum atomic E-state index is -2.88. The third kappa shape index (κ3) is 8.32. The molecule has 45 heavy (non-hydrogen) atoms. The van der Waals surface area contributed by atoms with E-state index in [1.807, 2.05) is 6.92 Å². The summed E-state index contributed by atoms with van der Waals surface area (Å²) < 4.78 is 41.5. The van der Waals surface area contributed by atoms with Crippen LogP contribution >= 0.6 is 0 Å². The zero-order valence-corrected chi connectivity index (χ0v) is 26.9. The van der Waals surface area contributed by atoms with Crippen LogP contribution in [0.3, 0.4) is 0 Å². The number of aromatic nitrogens is 2. The van der Waals surface area contributed by atoms with Gasteiger partial charge in [-0.3, -0.25) is 9.69 Å². The number of allylic oxidation sites excluding steroid dienone is 4. The topological polar surface area (TPSA) is 58.1 Å². The molecular weight excluding hydrogens is 573 g/mol. The SMILES string of the molecule is Cc1nc2c(c(N[C@H](C)c3cccc(C(F)F)c3F)n1)CC(CCC(=O)C1CCCCN(C)C(C3=C/C=C\CCC/C=C\3)C1)C2. The molecule has 3 aliphatic rings. The van der Waals surface area contributed by atoms with Crippen molar-refractivity contribution in [2.75, 3.05) is 18.9 Å². The maximum atomic E-state index is 14.9. The zero-order chi connectivity index (χ0) is 31.9. The molecule has 2 aliphatic carbocycles. The van der Waals surface area contributed by atoms with E-state index in [0.717, 1.165) is 88.1 Å². The first-order valence-electron chi connectivity index (χ1n) is 16.7. The van der Waals surface area contributed by atoms with Gasteiger partial charge in [0.1, 0.15) is 23.2 Å². The van der Waals surface area contributed by atoms with Gasteiger partial charge in [-0.15, -0.1) is 0 Å². The standard InChI is InChI=1S/C37H47F3N4O/c1-24(29-16-12-17-30(35(29)38)36(39)40)41-37-31-21-26(22-32(31)42-25(2)43-37)18-19-34(45)28-15-10-11-20-44(3)33(23-28)27-13-8-6-4-5-7-9-14-27/h6,8-9,12-14,16-17,24,26,28,33,36H,4-5,7,10-11,15,18-23H2,1-3H3,(H,41,42,43)/b8-6-,14-9-,27-13+/t24-,26?,28?,33?/m1/s1. The zero-order valence-electron chi connectivity index (χ0n) is 26.9. The molecule has 0 saturated carbocycles. The molecule has 4 atom stereocenters. The van der Waals surface area contributed by atoms with Gasteiger partial charge in [-0.05, 0) is 96.7 Å². The van der Waals surface area contributed by atoms with Crippen LogP contribution in [0.15, 0.2) is 54.2 Å². The molecule has 1 N–H and O–H groups in total. The smallest absolute Gasteiger partial charge is 0.266 e. The van der Waals surface area contributed by atoms with Gasteiger partial charge in [-0.25, -0.2) is 23.1 Å². The molecule has 1 fully saturated rings. The number of hydrogen-bond acceptors (Lipinski definition) is 5. The Morgan fingerprint density at radius 2 is 1.89 bits per heavy atom. The fourth-order valence-corrected chi connectivity index (χ4v) is 7.18. The van der Waals surface area contributed by atoms with Crippen molar-refractivity contribution < 1.29 is 18.0 Å². The maximum absolute atomic E-state index is 14.9. The second-order valence-corrected chi connectivity index (χ2v) is 13.1. The largest absolute Gasteiger partial charge is 0.363 e. The van der Waals surface area contributed by atoms with E-state index in [2.05, 4.69) is 52.6 Å².